The lowest BCUT2D eigenvalue weighted by molar-refractivity contribution is -0.0146. The first-order valence-corrected chi connectivity index (χ1v) is 7.01. The third kappa shape index (κ3) is 5.36. The van der Waals surface area contributed by atoms with E-state index < -0.39 is 0 Å². The molecule has 0 aromatic rings. The van der Waals surface area contributed by atoms with E-state index in [1.807, 2.05) is 0 Å². The van der Waals surface area contributed by atoms with Gasteiger partial charge in [-0.15, -0.1) is 0 Å². The maximum absolute atomic E-state index is 9.26. The molecule has 0 aromatic carbocycles. The summed E-state index contributed by atoms with van der Waals surface area (Å²) in [6.07, 6.45) is 4.00. The standard InChI is InChI=1S/C14H29NO2/c1-10(2)15-13(8-16)9-17-14-6-5-11(3)12(4)7-14/h10-16H,5-9H2,1-4H3. The second-order valence-corrected chi connectivity index (χ2v) is 5.92. The fraction of sp³-hybridized carbons (Fsp3) is 1.00. The number of aliphatic hydroxyl groups excluding tert-OH is 1. The van der Waals surface area contributed by atoms with E-state index in [-0.39, 0.29) is 12.6 Å². The molecular formula is C14H29NO2. The number of hydrogen-bond donors (Lipinski definition) is 2. The van der Waals surface area contributed by atoms with E-state index in [4.69, 9.17) is 4.74 Å². The maximum atomic E-state index is 9.26. The van der Waals surface area contributed by atoms with Crippen molar-refractivity contribution in [3.63, 3.8) is 0 Å². The molecule has 1 rings (SSSR count). The number of aliphatic hydroxyl groups is 1. The molecule has 4 atom stereocenters. The lowest BCUT2D eigenvalue weighted by atomic mass is 9.80. The van der Waals surface area contributed by atoms with Gasteiger partial charge in [-0.2, -0.15) is 0 Å². The van der Waals surface area contributed by atoms with E-state index in [9.17, 15) is 5.11 Å². The number of hydrogen-bond acceptors (Lipinski definition) is 3. The molecule has 1 saturated carbocycles. The lowest BCUT2D eigenvalue weighted by Crippen LogP contribution is -2.42. The molecule has 3 heteroatoms. The fourth-order valence-corrected chi connectivity index (χ4v) is 2.53. The van der Waals surface area contributed by atoms with Gasteiger partial charge in [0.15, 0.2) is 0 Å². The smallest absolute Gasteiger partial charge is 0.0645 e. The zero-order valence-electron chi connectivity index (χ0n) is 11.8. The van der Waals surface area contributed by atoms with Crippen molar-refractivity contribution >= 4 is 0 Å². The number of ether oxygens (including phenoxy) is 1. The van der Waals surface area contributed by atoms with Crippen molar-refractivity contribution in [1.82, 2.24) is 5.32 Å². The Labute approximate surface area is 106 Å². The van der Waals surface area contributed by atoms with Crippen LogP contribution in [-0.4, -0.2) is 36.5 Å². The first kappa shape index (κ1) is 14.9. The van der Waals surface area contributed by atoms with Crippen LogP contribution in [0.2, 0.25) is 0 Å². The van der Waals surface area contributed by atoms with Gasteiger partial charge in [-0.3, -0.25) is 0 Å². The maximum Gasteiger partial charge on any atom is 0.0645 e. The van der Waals surface area contributed by atoms with E-state index in [1.165, 1.54) is 19.3 Å². The van der Waals surface area contributed by atoms with Crippen molar-refractivity contribution in [2.45, 2.75) is 65.1 Å². The average molecular weight is 243 g/mol. The van der Waals surface area contributed by atoms with E-state index >= 15 is 0 Å². The van der Waals surface area contributed by atoms with Gasteiger partial charge in [0, 0.05) is 6.04 Å². The van der Waals surface area contributed by atoms with Crippen LogP contribution < -0.4 is 5.32 Å². The van der Waals surface area contributed by atoms with E-state index in [1.54, 1.807) is 0 Å². The highest BCUT2D eigenvalue weighted by Crippen LogP contribution is 2.30. The Kier molecular flexibility index (Phi) is 6.45. The summed E-state index contributed by atoms with van der Waals surface area (Å²) >= 11 is 0. The molecule has 0 aliphatic heterocycles. The largest absolute Gasteiger partial charge is 0.395 e. The number of nitrogens with one attached hydrogen (secondary N) is 1. The summed E-state index contributed by atoms with van der Waals surface area (Å²) < 4.78 is 5.93. The second kappa shape index (κ2) is 7.34. The molecule has 1 fully saturated rings. The highest BCUT2D eigenvalue weighted by Gasteiger charge is 2.25. The topological polar surface area (TPSA) is 41.5 Å². The van der Waals surface area contributed by atoms with Gasteiger partial charge in [0.25, 0.3) is 0 Å². The van der Waals surface area contributed by atoms with Gasteiger partial charge < -0.3 is 15.2 Å². The minimum Gasteiger partial charge on any atom is -0.395 e. The van der Waals surface area contributed by atoms with Crippen LogP contribution in [0, 0.1) is 11.8 Å². The van der Waals surface area contributed by atoms with Crippen LogP contribution in [0.5, 0.6) is 0 Å². The Morgan fingerprint density at radius 1 is 1.24 bits per heavy atom. The SMILES string of the molecule is CC(C)NC(CO)COC1CCC(C)C(C)C1. The molecule has 102 valence electrons. The van der Waals surface area contributed by atoms with Crippen molar-refractivity contribution in [1.29, 1.82) is 0 Å². The van der Waals surface area contributed by atoms with Crippen molar-refractivity contribution in [3.8, 4) is 0 Å². The Balaban J connectivity index is 2.25. The first-order valence-electron chi connectivity index (χ1n) is 7.01. The Morgan fingerprint density at radius 2 is 1.94 bits per heavy atom. The van der Waals surface area contributed by atoms with Crippen LogP contribution in [-0.2, 0) is 4.74 Å². The van der Waals surface area contributed by atoms with E-state index in [0.717, 1.165) is 11.8 Å². The third-order valence-corrected chi connectivity index (χ3v) is 3.87. The number of rotatable bonds is 6. The molecule has 1 aliphatic rings. The van der Waals surface area contributed by atoms with Crippen LogP contribution in [0.25, 0.3) is 0 Å². The normalized spacial score (nSPS) is 31.8. The van der Waals surface area contributed by atoms with Crippen LogP contribution in [0.4, 0.5) is 0 Å². The van der Waals surface area contributed by atoms with Gasteiger partial charge in [-0.05, 0) is 31.1 Å². The van der Waals surface area contributed by atoms with Gasteiger partial charge in [0.2, 0.25) is 0 Å². The van der Waals surface area contributed by atoms with Crippen molar-refractivity contribution < 1.29 is 9.84 Å². The van der Waals surface area contributed by atoms with Crippen LogP contribution in [0.15, 0.2) is 0 Å². The summed E-state index contributed by atoms with van der Waals surface area (Å²) in [7, 11) is 0. The van der Waals surface area contributed by atoms with Crippen molar-refractivity contribution in [2.75, 3.05) is 13.2 Å². The molecule has 0 radical (unpaired) electrons. The van der Waals surface area contributed by atoms with Gasteiger partial charge in [-0.1, -0.05) is 27.7 Å². The minimum atomic E-state index is 0.0738. The molecule has 0 bridgehead atoms. The lowest BCUT2D eigenvalue weighted by Gasteiger charge is -2.33. The molecule has 0 saturated heterocycles. The van der Waals surface area contributed by atoms with Gasteiger partial charge >= 0.3 is 0 Å². The third-order valence-electron chi connectivity index (χ3n) is 3.87. The fourth-order valence-electron chi connectivity index (χ4n) is 2.53. The molecule has 1 aliphatic carbocycles. The van der Waals surface area contributed by atoms with E-state index in [0.29, 0.717) is 18.8 Å². The molecule has 17 heavy (non-hydrogen) atoms. The summed E-state index contributed by atoms with van der Waals surface area (Å²) in [5.41, 5.74) is 0. The Hall–Kier alpha value is -0.120. The first-order chi connectivity index (χ1) is 8.02. The van der Waals surface area contributed by atoms with Crippen molar-refractivity contribution in [2.24, 2.45) is 11.8 Å². The zero-order valence-corrected chi connectivity index (χ0v) is 11.8. The Morgan fingerprint density at radius 3 is 2.47 bits per heavy atom. The summed E-state index contributed by atoms with van der Waals surface area (Å²) in [4.78, 5) is 0. The molecular weight excluding hydrogens is 214 g/mol. The van der Waals surface area contributed by atoms with Crippen LogP contribution in [0.3, 0.4) is 0 Å². The minimum absolute atomic E-state index is 0.0738. The highest BCUT2D eigenvalue weighted by atomic mass is 16.5. The summed E-state index contributed by atoms with van der Waals surface area (Å²) in [6, 6.07) is 0.464. The average Bonchev–Trinajstić information content (AvgIpc) is 2.28. The zero-order chi connectivity index (χ0) is 12.8. The molecule has 0 spiro atoms. The van der Waals surface area contributed by atoms with Crippen LogP contribution >= 0.6 is 0 Å². The predicted molar refractivity (Wildman–Crippen MR) is 71.1 cm³/mol. The molecule has 0 amide bonds. The second-order valence-electron chi connectivity index (χ2n) is 5.92. The highest BCUT2D eigenvalue weighted by molar-refractivity contribution is 4.77. The molecule has 4 unspecified atom stereocenters. The van der Waals surface area contributed by atoms with Gasteiger partial charge in [0.05, 0.1) is 25.4 Å². The monoisotopic (exact) mass is 243 g/mol. The van der Waals surface area contributed by atoms with E-state index in [2.05, 4.69) is 33.0 Å². The summed E-state index contributed by atoms with van der Waals surface area (Å²) in [6.45, 7) is 9.60. The summed E-state index contributed by atoms with van der Waals surface area (Å²) in [5, 5.41) is 12.6. The van der Waals surface area contributed by atoms with Crippen molar-refractivity contribution in [3.05, 3.63) is 0 Å². The molecule has 3 nitrogen and oxygen atoms in total. The quantitative estimate of drug-likeness (QED) is 0.751. The van der Waals surface area contributed by atoms with Gasteiger partial charge in [-0.25, -0.2) is 0 Å². The predicted octanol–water partition coefficient (Wildman–Crippen LogP) is 2.19. The van der Waals surface area contributed by atoms with Crippen LogP contribution in [0.1, 0.15) is 47.0 Å². The van der Waals surface area contributed by atoms with Gasteiger partial charge in [0.1, 0.15) is 0 Å². The molecule has 2 N–H and O–H groups in total. The molecule has 0 aromatic heterocycles. The summed E-state index contributed by atoms with van der Waals surface area (Å²) in [5.74, 6) is 1.59. The molecule has 0 heterocycles. The Bertz CT molecular complexity index is 208.